The highest BCUT2D eigenvalue weighted by Gasteiger charge is 2.52. The number of rotatable bonds is 5. The summed E-state index contributed by atoms with van der Waals surface area (Å²) in [5, 5.41) is 2.40. The van der Waals surface area contributed by atoms with Crippen molar-refractivity contribution in [2.75, 3.05) is 25.6 Å². The number of nitrogens with one attached hydrogen (secondary N) is 1. The molecule has 0 aliphatic carbocycles. The summed E-state index contributed by atoms with van der Waals surface area (Å²) in [7, 11) is 0. The molecule has 4 amide bonds. The number of benzene rings is 1. The van der Waals surface area contributed by atoms with Crippen LogP contribution in [0.15, 0.2) is 23.1 Å². The van der Waals surface area contributed by atoms with E-state index >= 15 is 0 Å². The van der Waals surface area contributed by atoms with E-state index in [9.17, 15) is 19.2 Å². The number of ether oxygens (including phenoxy) is 2. The SMILES string of the molecule is C[C@@]12CCC(=O)N1[C@H](C(=O)NCCN1C(=O)S/C(=C/c3ccc4c(c3)OCO4)C1=O)CS2. The van der Waals surface area contributed by atoms with Gasteiger partial charge in [-0.15, -0.1) is 11.8 Å². The van der Waals surface area contributed by atoms with Crippen LogP contribution in [0, 0.1) is 0 Å². The van der Waals surface area contributed by atoms with E-state index in [1.54, 1.807) is 40.9 Å². The van der Waals surface area contributed by atoms with Gasteiger partial charge in [0.15, 0.2) is 11.5 Å². The van der Waals surface area contributed by atoms with E-state index in [1.807, 2.05) is 6.92 Å². The van der Waals surface area contributed by atoms with Gasteiger partial charge in [0.05, 0.1) is 9.78 Å². The van der Waals surface area contributed by atoms with Crippen LogP contribution in [0.25, 0.3) is 6.08 Å². The monoisotopic (exact) mass is 475 g/mol. The molecule has 5 rings (SSSR count). The molecular weight excluding hydrogens is 454 g/mol. The summed E-state index contributed by atoms with van der Waals surface area (Å²) in [5.41, 5.74) is 0.727. The van der Waals surface area contributed by atoms with Gasteiger partial charge in [0.1, 0.15) is 6.04 Å². The summed E-state index contributed by atoms with van der Waals surface area (Å²) in [4.78, 5) is 52.7. The lowest BCUT2D eigenvalue weighted by atomic mass is 10.2. The largest absolute Gasteiger partial charge is 0.454 e. The van der Waals surface area contributed by atoms with Crippen molar-refractivity contribution in [2.45, 2.75) is 30.7 Å². The fourth-order valence-corrected chi connectivity index (χ4v) is 6.57. The van der Waals surface area contributed by atoms with Crippen LogP contribution in [0.3, 0.4) is 0 Å². The maximum absolute atomic E-state index is 12.7. The van der Waals surface area contributed by atoms with E-state index < -0.39 is 11.9 Å². The number of nitrogens with zero attached hydrogens (tertiary/aromatic N) is 2. The van der Waals surface area contributed by atoms with Gasteiger partial charge in [0.25, 0.3) is 11.1 Å². The minimum atomic E-state index is -0.513. The molecule has 11 heteroatoms. The standard InChI is InChI=1S/C21H21N3O6S2/c1-21-5-4-17(25)24(21)13(10-31-21)18(26)22-6-7-23-19(27)16(32-20(23)28)9-12-2-3-14-15(8-12)30-11-29-14/h2-3,8-9,13H,4-7,10-11H2,1H3,(H,22,26)/b16-9+/t13-,21+/m0/s1. The minimum absolute atomic E-state index is 0.00255. The summed E-state index contributed by atoms with van der Waals surface area (Å²) in [6.07, 6.45) is 2.84. The van der Waals surface area contributed by atoms with Crippen molar-refractivity contribution in [1.29, 1.82) is 0 Å². The first-order valence-electron chi connectivity index (χ1n) is 10.2. The lowest BCUT2D eigenvalue weighted by Gasteiger charge is -2.29. The Kier molecular flexibility index (Phi) is 5.32. The zero-order chi connectivity index (χ0) is 22.5. The van der Waals surface area contributed by atoms with E-state index in [0.29, 0.717) is 28.6 Å². The fourth-order valence-electron chi connectivity index (χ4n) is 4.27. The zero-order valence-electron chi connectivity index (χ0n) is 17.3. The summed E-state index contributed by atoms with van der Waals surface area (Å²) < 4.78 is 10.6. The molecule has 0 spiro atoms. The molecule has 168 valence electrons. The third-order valence-corrected chi connectivity index (χ3v) is 8.36. The smallest absolute Gasteiger partial charge is 0.293 e. The molecule has 4 aliphatic heterocycles. The molecule has 3 fully saturated rings. The summed E-state index contributed by atoms with van der Waals surface area (Å²) in [6.45, 7) is 2.35. The van der Waals surface area contributed by atoms with Crippen LogP contribution < -0.4 is 14.8 Å². The van der Waals surface area contributed by atoms with E-state index in [2.05, 4.69) is 5.32 Å². The van der Waals surface area contributed by atoms with Crippen molar-refractivity contribution in [3.63, 3.8) is 0 Å². The second-order valence-electron chi connectivity index (χ2n) is 8.00. The molecule has 2 atom stereocenters. The molecule has 0 aromatic heterocycles. The third kappa shape index (κ3) is 3.62. The predicted molar refractivity (Wildman–Crippen MR) is 119 cm³/mol. The van der Waals surface area contributed by atoms with Crippen molar-refractivity contribution >= 4 is 52.6 Å². The lowest BCUT2D eigenvalue weighted by Crippen LogP contribution is -2.51. The maximum atomic E-state index is 12.7. The minimum Gasteiger partial charge on any atom is -0.454 e. The molecule has 0 radical (unpaired) electrons. The Morgan fingerprint density at radius 3 is 2.94 bits per heavy atom. The molecule has 0 saturated carbocycles. The van der Waals surface area contributed by atoms with Crippen LogP contribution in [0.5, 0.6) is 11.5 Å². The predicted octanol–water partition coefficient (Wildman–Crippen LogP) is 2.02. The Morgan fingerprint density at radius 2 is 2.09 bits per heavy atom. The summed E-state index contributed by atoms with van der Waals surface area (Å²) >= 11 is 2.49. The van der Waals surface area contributed by atoms with Crippen LogP contribution in [-0.2, 0) is 14.4 Å². The van der Waals surface area contributed by atoms with E-state index in [-0.39, 0.29) is 41.8 Å². The van der Waals surface area contributed by atoms with Crippen molar-refractivity contribution < 1.29 is 28.7 Å². The number of amides is 4. The molecule has 4 aliphatic rings. The van der Waals surface area contributed by atoms with E-state index in [4.69, 9.17) is 9.47 Å². The second-order valence-corrected chi connectivity index (χ2v) is 10.5. The highest BCUT2D eigenvalue weighted by molar-refractivity contribution is 8.18. The molecule has 1 N–H and O–H groups in total. The topological polar surface area (TPSA) is 105 Å². The van der Waals surface area contributed by atoms with Crippen molar-refractivity contribution in [3.05, 3.63) is 28.7 Å². The Morgan fingerprint density at radius 1 is 1.28 bits per heavy atom. The van der Waals surface area contributed by atoms with E-state index in [0.717, 1.165) is 28.6 Å². The average molecular weight is 476 g/mol. The van der Waals surface area contributed by atoms with Crippen LogP contribution >= 0.6 is 23.5 Å². The van der Waals surface area contributed by atoms with Crippen LogP contribution in [0.2, 0.25) is 0 Å². The van der Waals surface area contributed by atoms with Crippen molar-refractivity contribution in [2.24, 2.45) is 0 Å². The molecule has 4 heterocycles. The molecule has 3 saturated heterocycles. The molecule has 32 heavy (non-hydrogen) atoms. The summed E-state index contributed by atoms with van der Waals surface area (Å²) in [6, 6.07) is 4.78. The van der Waals surface area contributed by atoms with Gasteiger partial charge in [-0.2, -0.15) is 0 Å². The summed E-state index contributed by atoms with van der Waals surface area (Å²) in [5.74, 6) is 1.14. The number of thioether (sulfide) groups is 2. The van der Waals surface area contributed by atoms with Gasteiger partial charge in [-0.25, -0.2) is 0 Å². The van der Waals surface area contributed by atoms with Crippen molar-refractivity contribution in [1.82, 2.24) is 15.1 Å². The Bertz CT molecular complexity index is 1060. The lowest BCUT2D eigenvalue weighted by molar-refractivity contribution is -0.137. The van der Waals surface area contributed by atoms with Crippen LogP contribution in [0.4, 0.5) is 4.79 Å². The Balaban J connectivity index is 1.18. The molecule has 1 aromatic rings. The van der Waals surface area contributed by atoms with Crippen LogP contribution in [-0.4, -0.2) is 69.3 Å². The zero-order valence-corrected chi connectivity index (χ0v) is 18.9. The van der Waals surface area contributed by atoms with E-state index in [1.165, 1.54) is 0 Å². The van der Waals surface area contributed by atoms with Gasteiger partial charge in [0, 0.05) is 25.3 Å². The number of carbonyl (C=O) groups excluding carboxylic acids is 4. The average Bonchev–Trinajstić information content (AvgIpc) is 3.49. The van der Waals surface area contributed by atoms with Gasteiger partial charge in [-0.05, 0) is 48.9 Å². The Labute approximate surface area is 192 Å². The number of carbonyl (C=O) groups is 4. The molecule has 9 nitrogen and oxygen atoms in total. The first-order valence-corrected chi connectivity index (χ1v) is 12.0. The number of imide groups is 1. The molecular formula is C21H21N3O6S2. The number of hydrogen-bond donors (Lipinski definition) is 1. The highest BCUT2D eigenvalue weighted by atomic mass is 32.2. The number of hydrogen-bond acceptors (Lipinski definition) is 8. The Hall–Kier alpha value is -2.66. The first-order chi connectivity index (χ1) is 15.4. The quantitative estimate of drug-likeness (QED) is 0.645. The highest BCUT2D eigenvalue weighted by Crippen LogP contribution is 2.47. The van der Waals surface area contributed by atoms with Gasteiger partial charge < -0.3 is 19.7 Å². The molecule has 1 aromatic carbocycles. The van der Waals surface area contributed by atoms with Gasteiger partial charge in [-0.1, -0.05) is 6.07 Å². The van der Waals surface area contributed by atoms with Crippen LogP contribution in [0.1, 0.15) is 25.3 Å². The normalized spacial score (nSPS) is 27.6. The molecule has 0 unspecified atom stereocenters. The van der Waals surface area contributed by atoms with Gasteiger partial charge >= 0.3 is 0 Å². The third-order valence-electron chi connectivity index (χ3n) is 5.95. The second kappa shape index (κ2) is 8.04. The number of fused-ring (bicyclic) bond motifs is 2. The van der Waals surface area contributed by atoms with Crippen molar-refractivity contribution in [3.8, 4) is 11.5 Å². The maximum Gasteiger partial charge on any atom is 0.293 e. The van der Waals surface area contributed by atoms with Gasteiger partial charge in [-0.3, -0.25) is 24.1 Å². The first kappa shape index (κ1) is 21.2. The van der Waals surface area contributed by atoms with Gasteiger partial charge in [0.2, 0.25) is 18.6 Å². The fraction of sp³-hybridized carbons (Fsp3) is 0.429. The molecule has 0 bridgehead atoms.